The fourth-order valence-electron chi connectivity index (χ4n) is 2.75. The summed E-state index contributed by atoms with van der Waals surface area (Å²) < 4.78 is 0. The van der Waals surface area contributed by atoms with Crippen molar-refractivity contribution in [3.8, 4) is 11.8 Å². The minimum Gasteiger partial charge on any atom is -0.326 e. The van der Waals surface area contributed by atoms with E-state index in [0.29, 0.717) is 22.6 Å². The van der Waals surface area contributed by atoms with E-state index < -0.39 is 0 Å². The summed E-state index contributed by atoms with van der Waals surface area (Å²) in [4.78, 5) is 28.5. The molecule has 5 heteroatoms. The number of pyridine rings is 1. The van der Waals surface area contributed by atoms with Gasteiger partial charge >= 0.3 is 0 Å². The number of carbonyl (C=O) groups excluding carboxylic acids is 2. The molecule has 1 fully saturated rings. The highest BCUT2D eigenvalue weighted by molar-refractivity contribution is 6.04. The van der Waals surface area contributed by atoms with Crippen LogP contribution in [0.15, 0.2) is 72.9 Å². The second-order valence-corrected chi connectivity index (χ2v) is 6.84. The minimum atomic E-state index is -0.222. The Labute approximate surface area is 169 Å². The first-order valence-corrected chi connectivity index (χ1v) is 9.43. The number of aromatic nitrogens is 1. The maximum atomic E-state index is 12.5. The molecule has 5 nitrogen and oxygen atoms in total. The van der Waals surface area contributed by atoms with Gasteiger partial charge in [0, 0.05) is 34.6 Å². The van der Waals surface area contributed by atoms with Gasteiger partial charge in [0.1, 0.15) is 5.69 Å². The first kappa shape index (κ1) is 18.5. The second-order valence-electron chi connectivity index (χ2n) is 6.84. The molecular formula is C24H19N3O2. The summed E-state index contributed by atoms with van der Waals surface area (Å²) in [6, 6.07) is 19.8. The highest BCUT2D eigenvalue weighted by Gasteiger charge is 2.29. The molecular weight excluding hydrogens is 362 g/mol. The third-order valence-electron chi connectivity index (χ3n) is 4.48. The van der Waals surface area contributed by atoms with Gasteiger partial charge in [0.05, 0.1) is 0 Å². The van der Waals surface area contributed by atoms with Crippen LogP contribution < -0.4 is 10.6 Å². The van der Waals surface area contributed by atoms with E-state index >= 15 is 0 Å². The number of rotatable bonds is 4. The molecule has 2 N–H and O–H groups in total. The number of hydrogen-bond donors (Lipinski definition) is 2. The standard InChI is InChI=1S/C24H19N3O2/c28-23(18-8-9-18)26-21-13-10-19(11-14-21)24(29)27-22-6-3-4-17(16-22)7-12-20-5-1-2-15-25-20/h1-6,10-11,13-16,18H,8-9H2,(H,26,28)(H,27,29). The Bertz CT molecular complexity index is 1090. The Hall–Kier alpha value is -3.91. The van der Waals surface area contributed by atoms with E-state index in [1.807, 2.05) is 42.5 Å². The molecule has 2 aromatic carbocycles. The molecule has 0 spiro atoms. The Kier molecular flexibility index (Phi) is 5.35. The fourth-order valence-corrected chi connectivity index (χ4v) is 2.75. The van der Waals surface area contributed by atoms with Crippen molar-refractivity contribution in [1.82, 2.24) is 4.98 Å². The zero-order chi connectivity index (χ0) is 20.1. The molecule has 29 heavy (non-hydrogen) atoms. The third kappa shape index (κ3) is 5.08. The smallest absolute Gasteiger partial charge is 0.255 e. The number of carbonyl (C=O) groups is 2. The van der Waals surface area contributed by atoms with Crippen molar-refractivity contribution in [2.75, 3.05) is 10.6 Å². The Morgan fingerprint density at radius 3 is 2.41 bits per heavy atom. The number of benzene rings is 2. The van der Waals surface area contributed by atoms with Crippen molar-refractivity contribution in [3.05, 3.63) is 89.7 Å². The summed E-state index contributed by atoms with van der Waals surface area (Å²) in [5.74, 6) is 6.02. The molecule has 0 bridgehead atoms. The normalized spacial score (nSPS) is 12.4. The lowest BCUT2D eigenvalue weighted by Gasteiger charge is -2.08. The predicted molar refractivity (Wildman–Crippen MR) is 112 cm³/mol. The number of nitrogens with zero attached hydrogens (tertiary/aromatic N) is 1. The average Bonchev–Trinajstić information content (AvgIpc) is 3.59. The lowest BCUT2D eigenvalue weighted by Crippen LogP contribution is -2.14. The minimum absolute atomic E-state index is 0.0471. The highest BCUT2D eigenvalue weighted by atomic mass is 16.2. The Morgan fingerprint density at radius 2 is 1.69 bits per heavy atom. The summed E-state index contributed by atoms with van der Waals surface area (Å²) in [5.41, 5.74) is 3.35. The van der Waals surface area contributed by atoms with Crippen molar-refractivity contribution in [2.45, 2.75) is 12.8 Å². The van der Waals surface area contributed by atoms with Gasteiger partial charge in [-0.25, -0.2) is 4.98 Å². The average molecular weight is 381 g/mol. The van der Waals surface area contributed by atoms with E-state index in [0.717, 1.165) is 18.4 Å². The summed E-state index contributed by atoms with van der Waals surface area (Å²) in [5, 5.41) is 5.74. The van der Waals surface area contributed by atoms with Crippen LogP contribution in [0.5, 0.6) is 0 Å². The van der Waals surface area contributed by atoms with Gasteiger partial charge in [-0.2, -0.15) is 0 Å². The number of hydrogen-bond acceptors (Lipinski definition) is 3. The summed E-state index contributed by atoms with van der Waals surface area (Å²) in [7, 11) is 0. The number of amides is 2. The van der Waals surface area contributed by atoms with Crippen LogP contribution in [0.2, 0.25) is 0 Å². The zero-order valence-electron chi connectivity index (χ0n) is 15.7. The van der Waals surface area contributed by atoms with Gasteiger partial charge in [0.15, 0.2) is 0 Å². The van der Waals surface area contributed by atoms with Gasteiger partial charge in [-0.3, -0.25) is 9.59 Å². The van der Waals surface area contributed by atoms with Crippen LogP contribution in [0, 0.1) is 17.8 Å². The van der Waals surface area contributed by atoms with Crippen LogP contribution in [0.25, 0.3) is 0 Å². The van der Waals surface area contributed by atoms with Crippen LogP contribution in [-0.4, -0.2) is 16.8 Å². The molecule has 1 aliphatic rings. The van der Waals surface area contributed by atoms with E-state index in [1.165, 1.54) is 0 Å². The summed E-state index contributed by atoms with van der Waals surface area (Å²) in [6.07, 6.45) is 3.61. The molecule has 0 radical (unpaired) electrons. The van der Waals surface area contributed by atoms with Crippen LogP contribution in [0.3, 0.4) is 0 Å². The van der Waals surface area contributed by atoms with Crippen molar-refractivity contribution in [2.24, 2.45) is 5.92 Å². The SMILES string of the molecule is O=C(Nc1cccc(C#Cc2ccccn2)c1)c1ccc(NC(=O)C2CC2)cc1. The first-order valence-electron chi connectivity index (χ1n) is 9.43. The van der Waals surface area contributed by atoms with Crippen molar-refractivity contribution in [3.63, 3.8) is 0 Å². The van der Waals surface area contributed by atoms with Crippen LogP contribution >= 0.6 is 0 Å². The first-order chi connectivity index (χ1) is 14.2. The molecule has 3 aromatic rings. The van der Waals surface area contributed by atoms with E-state index in [9.17, 15) is 9.59 Å². The van der Waals surface area contributed by atoms with E-state index in [-0.39, 0.29) is 17.7 Å². The van der Waals surface area contributed by atoms with Crippen molar-refractivity contribution in [1.29, 1.82) is 0 Å². The van der Waals surface area contributed by atoms with Gasteiger partial charge < -0.3 is 10.6 Å². The summed E-state index contributed by atoms with van der Waals surface area (Å²) >= 11 is 0. The molecule has 0 unspecified atom stereocenters. The van der Waals surface area contributed by atoms with Gasteiger partial charge in [0.2, 0.25) is 5.91 Å². The Morgan fingerprint density at radius 1 is 0.862 bits per heavy atom. The molecule has 0 atom stereocenters. The third-order valence-corrected chi connectivity index (χ3v) is 4.48. The molecule has 0 aliphatic heterocycles. The lowest BCUT2D eigenvalue weighted by atomic mass is 10.1. The largest absolute Gasteiger partial charge is 0.326 e. The number of nitrogens with one attached hydrogen (secondary N) is 2. The molecule has 2 amide bonds. The van der Waals surface area contributed by atoms with E-state index in [2.05, 4.69) is 27.5 Å². The van der Waals surface area contributed by atoms with Crippen LogP contribution in [0.1, 0.15) is 34.5 Å². The van der Waals surface area contributed by atoms with Crippen LogP contribution in [-0.2, 0) is 4.79 Å². The molecule has 0 saturated heterocycles. The summed E-state index contributed by atoms with van der Waals surface area (Å²) in [6.45, 7) is 0. The van der Waals surface area contributed by atoms with Crippen molar-refractivity contribution < 1.29 is 9.59 Å². The van der Waals surface area contributed by atoms with Gasteiger partial charge in [0.25, 0.3) is 5.91 Å². The van der Waals surface area contributed by atoms with Gasteiger partial charge in [-0.1, -0.05) is 18.1 Å². The lowest BCUT2D eigenvalue weighted by molar-refractivity contribution is -0.117. The molecule has 1 saturated carbocycles. The maximum absolute atomic E-state index is 12.5. The topological polar surface area (TPSA) is 71.1 Å². The van der Waals surface area contributed by atoms with E-state index in [1.54, 1.807) is 30.5 Å². The van der Waals surface area contributed by atoms with Gasteiger partial charge in [-0.05, 0) is 73.4 Å². The molecule has 4 rings (SSSR count). The predicted octanol–water partition coefficient (Wildman–Crippen LogP) is 4.08. The zero-order valence-corrected chi connectivity index (χ0v) is 15.7. The quantitative estimate of drug-likeness (QED) is 0.669. The molecule has 142 valence electrons. The van der Waals surface area contributed by atoms with Crippen molar-refractivity contribution >= 4 is 23.2 Å². The molecule has 1 aliphatic carbocycles. The van der Waals surface area contributed by atoms with Crippen LogP contribution in [0.4, 0.5) is 11.4 Å². The second kappa shape index (κ2) is 8.41. The number of anilines is 2. The Balaban J connectivity index is 1.40. The fraction of sp³-hybridized carbons (Fsp3) is 0.125. The maximum Gasteiger partial charge on any atom is 0.255 e. The monoisotopic (exact) mass is 381 g/mol. The highest BCUT2D eigenvalue weighted by Crippen LogP contribution is 2.30. The van der Waals surface area contributed by atoms with Gasteiger partial charge in [-0.15, -0.1) is 0 Å². The molecule has 1 aromatic heterocycles. The molecule has 1 heterocycles. The van der Waals surface area contributed by atoms with E-state index in [4.69, 9.17) is 0 Å².